The van der Waals surface area contributed by atoms with Gasteiger partial charge in [0.05, 0.1) is 0 Å². The lowest BCUT2D eigenvalue weighted by atomic mass is 10.3. The Morgan fingerprint density at radius 2 is 2.07 bits per heavy atom. The van der Waals surface area contributed by atoms with E-state index in [-0.39, 0.29) is 11.4 Å². The van der Waals surface area contributed by atoms with Crippen molar-refractivity contribution in [1.29, 1.82) is 0 Å². The van der Waals surface area contributed by atoms with E-state index in [1.165, 1.54) is 0 Å². The molecule has 0 saturated heterocycles. The first kappa shape index (κ1) is 12.1. The van der Waals surface area contributed by atoms with Gasteiger partial charge >= 0.3 is 5.97 Å². The van der Waals surface area contributed by atoms with Crippen molar-refractivity contribution >= 4 is 17.7 Å². The molecular formula is C12H16O2S. The number of carbonyl (C=O) groups excluding carboxylic acids is 1. The van der Waals surface area contributed by atoms with Crippen LogP contribution in [0.15, 0.2) is 35.2 Å². The van der Waals surface area contributed by atoms with Gasteiger partial charge in [-0.2, -0.15) is 0 Å². The second-order valence-corrected chi connectivity index (χ2v) is 4.61. The number of benzene rings is 1. The van der Waals surface area contributed by atoms with Crippen LogP contribution in [0.3, 0.4) is 0 Å². The minimum atomic E-state index is -0.119. The molecule has 0 aliphatic rings. The van der Waals surface area contributed by atoms with Gasteiger partial charge in [0.15, 0.2) is 0 Å². The van der Waals surface area contributed by atoms with Crippen LogP contribution >= 0.6 is 11.8 Å². The Kier molecular flexibility index (Phi) is 5.26. The van der Waals surface area contributed by atoms with Crippen LogP contribution in [0.2, 0.25) is 0 Å². The fourth-order valence-corrected chi connectivity index (χ4v) is 2.02. The van der Waals surface area contributed by atoms with Gasteiger partial charge in [0, 0.05) is 11.3 Å². The van der Waals surface area contributed by atoms with Crippen molar-refractivity contribution in [2.24, 2.45) is 0 Å². The molecule has 3 heteroatoms. The van der Waals surface area contributed by atoms with Gasteiger partial charge in [-0.15, -0.1) is 0 Å². The molecule has 0 amide bonds. The molecule has 0 spiro atoms. The van der Waals surface area contributed by atoms with E-state index in [4.69, 9.17) is 4.74 Å². The summed E-state index contributed by atoms with van der Waals surface area (Å²) in [5, 5.41) is 0. The third kappa shape index (κ3) is 4.88. The molecule has 1 aromatic carbocycles. The highest BCUT2D eigenvalue weighted by atomic mass is 32.2. The normalized spacial score (nSPS) is 12.1. The molecule has 0 aliphatic carbocycles. The number of esters is 1. The van der Waals surface area contributed by atoms with Gasteiger partial charge in [0.25, 0.3) is 0 Å². The van der Waals surface area contributed by atoms with E-state index in [1.807, 2.05) is 44.2 Å². The zero-order valence-electron chi connectivity index (χ0n) is 9.10. The van der Waals surface area contributed by atoms with Gasteiger partial charge in [0.1, 0.15) is 5.44 Å². The van der Waals surface area contributed by atoms with Gasteiger partial charge in [-0.1, -0.05) is 36.9 Å². The van der Waals surface area contributed by atoms with Crippen molar-refractivity contribution in [2.75, 3.05) is 0 Å². The maximum absolute atomic E-state index is 11.2. The highest BCUT2D eigenvalue weighted by Gasteiger charge is 2.09. The van der Waals surface area contributed by atoms with Crippen molar-refractivity contribution in [2.45, 2.75) is 37.0 Å². The SMILES string of the molecule is CCCC(=O)OC(C)Sc1ccccc1. The molecule has 1 unspecified atom stereocenters. The zero-order chi connectivity index (χ0) is 11.1. The Morgan fingerprint density at radius 1 is 1.40 bits per heavy atom. The van der Waals surface area contributed by atoms with Crippen LogP contribution in [0.4, 0.5) is 0 Å². The molecule has 15 heavy (non-hydrogen) atoms. The van der Waals surface area contributed by atoms with E-state index in [0.29, 0.717) is 6.42 Å². The van der Waals surface area contributed by atoms with Crippen LogP contribution in [-0.4, -0.2) is 11.4 Å². The quantitative estimate of drug-likeness (QED) is 0.435. The monoisotopic (exact) mass is 224 g/mol. The van der Waals surface area contributed by atoms with E-state index >= 15 is 0 Å². The highest BCUT2D eigenvalue weighted by Crippen LogP contribution is 2.23. The number of thioether (sulfide) groups is 1. The molecule has 0 aliphatic heterocycles. The average molecular weight is 224 g/mol. The van der Waals surface area contributed by atoms with Gasteiger partial charge in [-0.05, 0) is 25.5 Å². The van der Waals surface area contributed by atoms with Crippen LogP contribution in [0.25, 0.3) is 0 Å². The summed E-state index contributed by atoms with van der Waals surface area (Å²) in [5.74, 6) is -0.117. The van der Waals surface area contributed by atoms with Crippen LogP contribution in [0.5, 0.6) is 0 Å². The lowest BCUT2D eigenvalue weighted by Gasteiger charge is -2.12. The molecule has 0 radical (unpaired) electrons. The third-order valence-electron chi connectivity index (χ3n) is 1.80. The standard InChI is InChI=1S/C12H16O2S/c1-3-7-12(13)14-10(2)15-11-8-5-4-6-9-11/h4-6,8-10H,3,7H2,1-2H3. The maximum Gasteiger partial charge on any atom is 0.306 e. The Labute approximate surface area is 95.0 Å². The molecule has 0 saturated carbocycles. The summed E-state index contributed by atoms with van der Waals surface area (Å²) in [4.78, 5) is 12.3. The fraction of sp³-hybridized carbons (Fsp3) is 0.417. The lowest BCUT2D eigenvalue weighted by molar-refractivity contribution is -0.144. The van der Waals surface area contributed by atoms with Crippen molar-refractivity contribution in [3.05, 3.63) is 30.3 Å². The van der Waals surface area contributed by atoms with E-state index < -0.39 is 0 Å². The fourth-order valence-electron chi connectivity index (χ4n) is 1.16. The number of hydrogen-bond donors (Lipinski definition) is 0. The molecular weight excluding hydrogens is 208 g/mol. The Hall–Kier alpha value is -0.960. The van der Waals surface area contributed by atoms with Crippen LogP contribution < -0.4 is 0 Å². The molecule has 0 aromatic heterocycles. The van der Waals surface area contributed by atoms with Gasteiger partial charge in [0.2, 0.25) is 0 Å². The number of hydrogen-bond acceptors (Lipinski definition) is 3. The zero-order valence-corrected chi connectivity index (χ0v) is 9.92. The van der Waals surface area contributed by atoms with Crippen LogP contribution in [0.1, 0.15) is 26.7 Å². The maximum atomic E-state index is 11.2. The first-order valence-electron chi connectivity index (χ1n) is 5.13. The molecule has 2 nitrogen and oxygen atoms in total. The predicted molar refractivity (Wildman–Crippen MR) is 62.8 cm³/mol. The lowest BCUT2D eigenvalue weighted by Crippen LogP contribution is -2.10. The topological polar surface area (TPSA) is 26.3 Å². The van der Waals surface area contributed by atoms with Crippen molar-refractivity contribution in [1.82, 2.24) is 0 Å². The summed E-state index contributed by atoms with van der Waals surface area (Å²) >= 11 is 1.55. The summed E-state index contributed by atoms with van der Waals surface area (Å²) in [7, 11) is 0. The van der Waals surface area contributed by atoms with Crippen LogP contribution in [0, 0.1) is 0 Å². The Morgan fingerprint density at radius 3 is 2.67 bits per heavy atom. The summed E-state index contributed by atoms with van der Waals surface area (Å²) in [6.45, 7) is 3.86. The first-order chi connectivity index (χ1) is 7.22. The number of rotatable bonds is 5. The van der Waals surface area contributed by atoms with Crippen molar-refractivity contribution in [3.63, 3.8) is 0 Å². The second-order valence-electron chi connectivity index (χ2n) is 3.24. The van der Waals surface area contributed by atoms with E-state index in [9.17, 15) is 4.79 Å². The number of ether oxygens (including phenoxy) is 1. The minimum Gasteiger partial charge on any atom is -0.451 e. The molecule has 0 bridgehead atoms. The minimum absolute atomic E-state index is 0.117. The molecule has 0 fully saturated rings. The second kappa shape index (κ2) is 6.51. The number of carbonyl (C=O) groups is 1. The van der Waals surface area contributed by atoms with Crippen molar-refractivity contribution in [3.8, 4) is 0 Å². The molecule has 0 heterocycles. The highest BCUT2D eigenvalue weighted by molar-refractivity contribution is 7.99. The van der Waals surface area contributed by atoms with E-state index in [0.717, 1.165) is 11.3 Å². The molecule has 1 aromatic rings. The van der Waals surface area contributed by atoms with E-state index in [1.54, 1.807) is 11.8 Å². The summed E-state index contributed by atoms with van der Waals surface area (Å²) in [6.07, 6.45) is 1.33. The molecule has 82 valence electrons. The van der Waals surface area contributed by atoms with Gasteiger partial charge in [-0.25, -0.2) is 0 Å². The van der Waals surface area contributed by atoms with Crippen LogP contribution in [-0.2, 0) is 9.53 Å². The van der Waals surface area contributed by atoms with Crippen molar-refractivity contribution < 1.29 is 9.53 Å². The molecule has 0 N–H and O–H groups in total. The summed E-state index contributed by atoms with van der Waals surface area (Å²) < 4.78 is 5.22. The van der Waals surface area contributed by atoms with Gasteiger partial charge < -0.3 is 4.74 Å². The smallest absolute Gasteiger partial charge is 0.306 e. The van der Waals surface area contributed by atoms with E-state index in [2.05, 4.69) is 0 Å². The third-order valence-corrected chi connectivity index (χ3v) is 2.77. The Bertz CT molecular complexity index is 298. The molecule has 1 rings (SSSR count). The summed E-state index contributed by atoms with van der Waals surface area (Å²) in [6, 6.07) is 9.94. The largest absolute Gasteiger partial charge is 0.451 e. The van der Waals surface area contributed by atoms with Gasteiger partial charge in [-0.3, -0.25) is 4.79 Å². The summed E-state index contributed by atoms with van der Waals surface area (Å²) in [5.41, 5.74) is -0.119. The Balaban J connectivity index is 2.36. The predicted octanol–water partition coefficient (Wildman–Crippen LogP) is 3.47. The first-order valence-corrected chi connectivity index (χ1v) is 6.01. The molecule has 1 atom stereocenters. The average Bonchev–Trinajstić information content (AvgIpc) is 2.19.